The molecular weight excluding hydrogens is 340 g/mol. The Morgan fingerprint density at radius 2 is 2.15 bits per heavy atom. The van der Waals surface area contributed by atoms with Crippen LogP contribution in [0.15, 0.2) is 35.5 Å². The van der Waals surface area contributed by atoms with E-state index in [-0.39, 0.29) is 12.5 Å². The van der Waals surface area contributed by atoms with Gasteiger partial charge in [0.15, 0.2) is 5.96 Å². The first-order valence-corrected chi connectivity index (χ1v) is 9.61. The number of para-hydroxylation sites is 1. The van der Waals surface area contributed by atoms with E-state index in [2.05, 4.69) is 57.0 Å². The Labute approximate surface area is 161 Å². The summed E-state index contributed by atoms with van der Waals surface area (Å²) in [5, 5.41) is 9.21. The minimum Gasteiger partial charge on any atom is -0.356 e. The van der Waals surface area contributed by atoms with Crippen molar-refractivity contribution in [3.63, 3.8) is 0 Å². The molecule has 0 spiro atoms. The van der Waals surface area contributed by atoms with E-state index in [1.165, 1.54) is 10.9 Å². The third-order valence-corrected chi connectivity index (χ3v) is 4.84. The number of aliphatic imine (C=N–C) groups is 1. The molecule has 1 saturated heterocycles. The summed E-state index contributed by atoms with van der Waals surface area (Å²) in [4.78, 5) is 20.4. The number of likely N-dealkylation sites (tertiary alicyclic amines) is 1. The van der Waals surface area contributed by atoms with Crippen LogP contribution in [-0.2, 0) is 4.79 Å². The number of amides is 1. The standard InChI is InChI=1S/C20H30N6O/c1-15(2)11-21-20(22-13-19(27)24(3)4)25-10-9-17(14-25)26-18-8-6-5-7-16(18)12-23-26/h5-8,12,15,17H,9-11,13-14H2,1-4H3,(H,21,22). The second-order valence-electron chi connectivity index (χ2n) is 7.74. The summed E-state index contributed by atoms with van der Waals surface area (Å²) in [5.74, 6) is 1.33. The van der Waals surface area contributed by atoms with Crippen molar-refractivity contribution in [3.05, 3.63) is 30.5 Å². The molecule has 1 aromatic carbocycles. The molecule has 2 aromatic rings. The summed E-state index contributed by atoms with van der Waals surface area (Å²) in [7, 11) is 3.52. The summed E-state index contributed by atoms with van der Waals surface area (Å²) in [6.07, 6.45) is 2.94. The summed E-state index contributed by atoms with van der Waals surface area (Å²) in [5.41, 5.74) is 1.17. The van der Waals surface area contributed by atoms with Crippen LogP contribution in [0.1, 0.15) is 26.3 Å². The summed E-state index contributed by atoms with van der Waals surface area (Å²) in [6.45, 7) is 7.07. The third-order valence-electron chi connectivity index (χ3n) is 4.84. The maximum atomic E-state index is 12.0. The van der Waals surface area contributed by atoms with Crippen LogP contribution < -0.4 is 5.32 Å². The Balaban J connectivity index is 1.73. The second kappa shape index (κ2) is 8.41. The van der Waals surface area contributed by atoms with E-state index in [9.17, 15) is 4.79 Å². The Bertz CT molecular complexity index is 810. The van der Waals surface area contributed by atoms with Crippen LogP contribution in [0.5, 0.6) is 0 Å². The number of benzene rings is 1. The van der Waals surface area contributed by atoms with Crippen LogP contribution in [0.25, 0.3) is 10.9 Å². The van der Waals surface area contributed by atoms with Crippen molar-refractivity contribution in [2.24, 2.45) is 10.9 Å². The molecule has 1 atom stereocenters. The predicted octanol–water partition coefficient (Wildman–Crippen LogP) is 1.97. The Morgan fingerprint density at radius 1 is 1.37 bits per heavy atom. The SMILES string of the molecule is CC(C)CNC(=NCC(=O)N(C)C)N1CCC(n2ncc3ccccc32)C1. The number of guanidine groups is 1. The molecule has 0 aliphatic carbocycles. The van der Waals surface area contributed by atoms with E-state index < -0.39 is 0 Å². The van der Waals surface area contributed by atoms with E-state index in [1.807, 2.05) is 12.3 Å². The lowest BCUT2D eigenvalue weighted by Crippen LogP contribution is -2.42. The zero-order valence-corrected chi connectivity index (χ0v) is 16.7. The van der Waals surface area contributed by atoms with E-state index in [1.54, 1.807) is 19.0 Å². The van der Waals surface area contributed by atoms with Crippen molar-refractivity contribution in [3.8, 4) is 0 Å². The zero-order chi connectivity index (χ0) is 19.4. The highest BCUT2D eigenvalue weighted by Gasteiger charge is 2.28. The van der Waals surface area contributed by atoms with Crippen molar-refractivity contribution in [2.75, 3.05) is 40.3 Å². The van der Waals surface area contributed by atoms with E-state index in [0.29, 0.717) is 12.0 Å². The summed E-state index contributed by atoms with van der Waals surface area (Å²) in [6, 6.07) is 8.61. The van der Waals surface area contributed by atoms with Crippen molar-refractivity contribution >= 4 is 22.8 Å². The van der Waals surface area contributed by atoms with Gasteiger partial charge in [-0.2, -0.15) is 5.10 Å². The number of carbonyl (C=O) groups is 1. The first kappa shape index (κ1) is 19.2. The molecule has 1 amide bonds. The molecule has 1 aliphatic rings. The minimum atomic E-state index is 0.00710. The highest BCUT2D eigenvalue weighted by atomic mass is 16.2. The Hall–Kier alpha value is -2.57. The molecule has 2 heterocycles. The largest absolute Gasteiger partial charge is 0.356 e. The number of nitrogens with one attached hydrogen (secondary N) is 1. The number of hydrogen-bond acceptors (Lipinski definition) is 3. The highest BCUT2D eigenvalue weighted by molar-refractivity contribution is 5.85. The van der Waals surface area contributed by atoms with Gasteiger partial charge in [-0.05, 0) is 18.4 Å². The molecule has 3 rings (SSSR count). The van der Waals surface area contributed by atoms with Crippen molar-refractivity contribution in [2.45, 2.75) is 26.3 Å². The van der Waals surface area contributed by atoms with Gasteiger partial charge in [0.1, 0.15) is 6.54 Å². The maximum Gasteiger partial charge on any atom is 0.243 e. The lowest BCUT2D eigenvalue weighted by Gasteiger charge is -2.23. The number of carbonyl (C=O) groups excluding carboxylic acids is 1. The smallest absolute Gasteiger partial charge is 0.243 e. The number of aromatic nitrogens is 2. The normalized spacial score (nSPS) is 17.7. The van der Waals surface area contributed by atoms with Gasteiger partial charge >= 0.3 is 0 Å². The van der Waals surface area contributed by atoms with Crippen LogP contribution >= 0.6 is 0 Å². The molecule has 1 aromatic heterocycles. The van der Waals surface area contributed by atoms with Crippen LogP contribution in [-0.4, -0.2) is 71.7 Å². The molecule has 1 aliphatic heterocycles. The summed E-state index contributed by atoms with van der Waals surface area (Å²) < 4.78 is 2.13. The van der Waals surface area contributed by atoms with Gasteiger partial charge in [-0.3, -0.25) is 9.48 Å². The molecule has 1 N–H and O–H groups in total. The lowest BCUT2D eigenvalue weighted by molar-refractivity contribution is -0.127. The van der Waals surface area contributed by atoms with Gasteiger partial charge in [0, 0.05) is 39.1 Å². The molecule has 1 unspecified atom stereocenters. The molecule has 7 nitrogen and oxygen atoms in total. The Kier molecular flexibility index (Phi) is 5.98. The summed E-state index contributed by atoms with van der Waals surface area (Å²) >= 11 is 0. The van der Waals surface area contributed by atoms with Gasteiger partial charge in [0.2, 0.25) is 5.91 Å². The fourth-order valence-corrected chi connectivity index (χ4v) is 3.26. The van der Waals surface area contributed by atoms with Gasteiger partial charge in [-0.1, -0.05) is 32.0 Å². The average Bonchev–Trinajstić information content (AvgIpc) is 3.27. The van der Waals surface area contributed by atoms with Gasteiger partial charge in [-0.25, -0.2) is 4.99 Å². The van der Waals surface area contributed by atoms with Crippen molar-refractivity contribution in [1.82, 2.24) is 24.9 Å². The highest BCUT2D eigenvalue weighted by Crippen LogP contribution is 2.25. The van der Waals surface area contributed by atoms with Gasteiger partial charge in [-0.15, -0.1) is 0 Å². The van der Waals surface area contributed by atoms with E-state index in [4.69, 9.17) is 0 Å². The first-order valence-electron chi connectivity index (χ1n) is 9.61. The van der Waals surface area contributed by atoms with Crippen LogP contribution in [0.4, 0.5) is 0 Å². The zero-order valence-electron chi connectivity index (χ0n) is 16.7. The molecule has 7 heteroatoms. The average molecular weight is 371 g/mol. The van der Waals surface area contributed by atoms with Crippen molar-refractivity contribution in [1.29, 1.82) is 0 Å². The molecule has 146 valence electrons. The fraction of sp³-hybridized carbons (Fsp3) is 0.550. The quantitative estimate of drug-likeness (QED) is 0.646. The van der Waals surface area contributed by atoms with Crippen LogP contribution in [0.2, 0.25) is 0 Å². The molecule has 27 heavy (non-hydrogen) atoms. The third kappa shape index (κ3) is 4.59. The molecule has 1 fully saturated rings. The number of hydrogen-bond donors (Lipinski definition) is 1. The Morgan fingerprint density at radius 3 is 2.89 bits per heavy atom. The monoisotopic (exact) mass is 370 g/mol. The van der Waals surface area contributed by atoms with E-state index >= 15 is 0 Å². The van der Waals surface area contributed by atoms with Crippen LogP contribution in [0, 0.1) is 5.92 Å². The van der Waals surface area contributed by atoms with Gasteiger partial charge < -0.3 is 15.1 Å². The topological polar surface area (TPSA) is 65.8 Å². The van der Waals surface area contributed by atoms with Gasteiger partial charge in [0.25, 0.3) is 0 Å². The fourth-order valence-electron chi connectivity index (χ4n) is 3.26. The molecule has 0 saturated carbocycles. The van der Waals surface area contributed by atoms with Crippen molar-refractivity contribution < 1.29 is 4.79 Å². The molecule has 0 radical (unpaired) electrons. The molecular formula is C20H30N6O. The second-order valence-corrected chi connectivity index (χ2v) is 7.74. The number of fused-ring (bicyclic) bond motifs is 1. The number of rotatable bonds is 5. The maximum absolute atomic E-state index is 12.0. The molecule has 0 bridgehead atoms. The van der Waals surface area contributed by atoms with Gasteiger partial charge in [0.05, 0.1) is 17.8 Å². The minimum absolute atomic E-state index is 0.00710. The van der Waals surface area contributed by atoms with Crippen LogP contribution in [0.3, 0.4) is 0 Å². The first-order chi connectivity index (χ1) is 13.0. The number of likely N-dealkylation sites (N-methyl/N-ethyl adjacent to an activating group) is 1. The predicted molar refractivity (Wildman–Crippen MR) is 109 cm³/mol. The number of nitrogens with zero attached hydrogens (tertiary/aromatic N) is 5. The van der Waals surface area contributed by atoms with E-state index in [0.717, 1.165) is 32.0 Å². The lowest BCUT2D eigenvalue weighted by atomic mass is 10.2.